The summed E-state index contributed by atoms with van der Waals surface area (Å²) >= 11 is 1.36. The Hall–Kier alpha value is -3.86. The number of pyridine rings is 3. The van der Waals surface area contributed by atoms with E-state index in [1.165, 1.54) is 18.0 Å². The summed E-state index contributed by atoms with van der Waals surface area (Å²) in [7, 11) is 0. The molecule has 0 atom stereocenters. The molecule has 0 fully saturated rings. The molecule has 0 aliphatic heterocycles. The van der Waals surface area contributed by atoms with Crippen molar-refractivity contribution >= 4 is 23.4 Å². The lowest BCUT2D eigenvalue weighted by atomic mass is 9.98. The molecule has 3 rings (SSSR count). The molecule has 0 amide bonds. The second-order valence-electron chi connectivity index (χ2n) is 7.09. The third-order valence-corrected chi connectivity index (χ3v) is 6.10. The van der Waals surface area contributed by atoms with Crippen molar-refractivity contribution in [2.45, 2.75) is 24.6 Å². The number of nitrogen functional groups attached to an aromatic ring is 1. The molecule has 0 saturated heterocycles. The molecule has 3 heterocycles. The molecule has 10 heteroatoms. The van der Waals surface area contributed by atoms with Crippen molar-refractivity contribution in [3.63, 3.8) is 0 Å². The lowest BCUT2D eigenvalue weighted by Crippen LogP contribution is -2.22. The van der Waals surface area contributed by atoms with Crippen molar-refractivity contribution < 1.29 is 9.84 Å². The van der Waals surface area contributed by atoms with E-state index in [1.54, 1.807) is 12.1 Å². The van der Waals surface area contributed by atoms with E-state index in [1.807, 2.05) is 18.3 Å². The van der Waals surface area contributed by atoms with E-state index in [0.29, 0.717) is 27.8 Å². The number of nitriles is 2. The van der Waals surface area contributed by atoms with Gasteiger partial charge in [-0.25, -0.2) is 15.0 Å². The first-order chi connectivity index (χ1) is 16.6. The lowest BCUT2D eigenvalue weighted by molar-refractivity contribution is 0.196. The molecule has 9 nitrogen and oxygen atoms in total. The zero-order valence-electron chi connectivity index (χ0n) is 19.0. The second kappa shape index (κ2) is 11.8. The van der Waals surface area contributed by atoms with Gasteiger partial charge in [-0.2, -0.15) is 10.5 Å². The van der Waals surface area contributed by atoms with Gasteiger partial charge >= 0.3 is 0 Å². The van der Waals surface area contributed by atoms with E-state index in [0.717, 1.165) is 24.5 Å². The average molecular weight is 476 g/mol. The van der Waals surface area contributed by atoms with Crippen LogP contribution in [-0.2, 0) is 5.75 Å². The first kappa shape index (κ1) is 24.8. The van der Waals surface area contributed by atoms with Gasteiger partial charge < -0.3 is 20.5 Å². The van der Waals surface area contributed by atoms with Gasteiger partial charge in [-0.3, -0.25) is 0 Å². The van der Waals surface area contributed by atoms with Crippen molar-refractivity contribution in [3.8, 4) is 29.1 Å². The third kappa shape index (κ3) is 5.54. The molecule has 0 spiro atoms. The highest BCUT2D eigenvalue weighted by Gasteiger charge is 2.21. The van der Waals surface area contributed by atoms with Crippen LogP contribution in [0.3, 0.4) is 0 Å². The molecule has 0 radical (unpaired) electrons. The maximum absolute atomic E-state index is 9.95. The second-order valence-corrected chi connectivity index (χ2v) is 8.06. The standard InChI is InChI=1S/C24H25N7O2S/c1-3-31(4-2)20-7-5-16(13-28-20)15-34-24-19(12-26)22(18(11-25)23(27)30-24)17-6-8-21(29-14-17)33-10-9-32/h5-8,13-14,32H,3-4,9-10,15H2,1-2H3,(H2,27,30). The largest absolute Gasteiger partial charge is 0.475 e. The van der Waals surface area contributed by atoms with Crippen molar-refractivity contribution in [3.05, 3.63) is 53.3 Å². The van der Waals surface area contributed by atoms with Crippen LogP contribution in [-0.4, -0.2) is 46.4 Å². The van der Waals surface area contributed by atoms with Crippen LogP contribution in [0.1, 0.15) is 30.5 Å². The van der Waals surface area contributed by atoms with Gasteiger partial charge in [-0.05, 0) is 31.5 Å². The maximum atomic E-state index is 9.95. The number of anilines is 2. The molecule has 0 aromatic carbocycles. The topological polar surface area (TPSA) is 145 Å². The van der Waals surface area contributed by atoms with Crippen LogP contribution in [0.2, 0.25) is 0 Å². The molecule has 3 N–H and O–H groups in total. The van der Waals surface area contributed by atoms with Crippen molar-refractivity contribution in [2.75, 3.05) is 36.9 Å². The fourth-order valence-electron chi connectivity index (χ4n) is 3.34. The lowest BCUT2D eigenvalue weighted by Gasteiger charge is -2.19. The fraction of sp³-hybridized carbons (Fsp3) is 0.292. The van der Waals surface area contributed by atoms with Gasteiger partial charge in [0.15, 0.2) is 0 Å². The third-order valence-electron chi connectivity index (χ3n) is 5.05. The van der Waals surface area contributed by atoms with Crippen molar-refractivity contribution in [1.82, 2.24) is 15.0 Å². The first-order valence-electron chi connectivity index (χ1n) is 10.7. The Labute approximate surface area is 202 Å². The zero-order valence-corrected chi connectivity index (χ0v) is 19.8. The molecule has 0 aliphatic rings. The van der Waals surface area contributed by atoms with E-state index < -0.39 is 0 Å². The molecular weight excluding hydrogens is 450 g/mol. The summed E-state index contributed by atoms with van der Waals surface area (Å²) in [6.45, 7) is 5.92. The maximum Gasteiger partial charge on any atom is 0.213 e. The Kier molecular flexibility index (Phi) is 8.63. The first-order valence-corrected chi connectivity index (χ1v) is 11.7. The Morgan fingerprint density at radius 1 is 1.06 bits per heavy atom. The van der Waals surface area contributed by atoms with Crippen LogP contribution in [0.15, 0.2) is 41.7 Å². The highest BCUT2D eigenvalue weighted by molar-refractivity contribution is 7.98. The molecule has 0 aliphatic carbocycles. The van der Waals surface area contributed by atoms with Crippen LogP contribution >= 0.6 is 11.8 Å². The number of hydrogen-bond acceptors (Lipinski definition) is 10. The quantitative estimate of drug-likeness (QED) is 0.418. The minimum atomic E-state index is -0.129. The summed E-state index contributed by atoms with van der Waals surface area (Å²) in [5.41, 5.74) is 8.38. The van der Waals surface area contributed by atoms with Gasteiger partial charge in [0.2, 0.25) is 5.88 Å². The van der Waals surface area contributed by atoms with E-state index in [4.69, 9.17) is 15.6 Å². The van der Waals surface area contributed by atoms with Gasteiger partial charge in [0.25, 0.3) is 0 Å². The molecule has 0 bridgehead atoms. The zero-order chi connectivity index (χ0) is 24.5. The number of aliphatic hydroxyl groups excluding tert-OH is 1. The van der Waals surface area contributed by atoms with Crippen molar-refractivity contribution in [2.24, 2.45) is 0 Å². The number of rotatable bonds is 10. The van der Waals surface area contributed by atoms with Gasteiger partial charge in [0, 0.05) is 48.4 Å². The number of hydrogen-bond donors (Lipinski definition) is 2. The van der Waals surface area contributed by atoms with Crippen molar-refractivity contribution in [1.29, 1.82) is 10.5 Å². The summed E-state index contributed by atoms with van der Waals surface area (Å²) < 4.78 is 5.29. The fourth-order valence-corrected chi connectivity index (χ4v) is 4.27. The molecule has 174 valence electrons. The van der Waals surface area contributed by atoms with Gasteiger partial charge in [0.1, 0.15) is 41.0 Å². The molecule has 34 heavy (non-hydrogen) atoms. The Bertz CT molecular complexity index is 1200. The molecule has 0 saturated carbocycles. The molecule has 3 aromatic rings. The Morgan fingerprint density at radius 2 is 1.82 bits per heavy atom. The number of nitrogens with two attached hydrogens (primary N) is 1. The number of nitrogens with zero attached hydrogens (tertiary/aromatic N) is 6. The summed E-state index contributed by atoms with van der Waals surface area (Å²) in [5.74, 6) is 1.82. The average Bonchev–Trinajstić information content (AvgIpc) is 2.87. The predicted octanol–water partition coefficient (Wildman–Crippen LogP) is 3.37. The van der Waals surface area contributed by atoms with E-state index in [-0.39, 0.29) is 30.2 Å². The highest BCUT2D eigenvalue weighted by Crippen LogP contribution is 2.36. The minimum Gasteiger partial charge on any atom is -0.475 e. The summed E-state index contributed by atoms with van der Waals surface area (Å²) in [6.07, 6.45) is 3.32. The van der Waals surface area contributed by atoms with E-state index >= 15 is 0 Å². The van der Waals surface area contributed by atoms with Crippen LogP contribution in [0.5, 0.6) is 5.88 Å². The number of aliphatic hydroxyl groups is 1. The van der Waals surface area contributed by atoms with E-state index in [9.17, 15) is 10.5 Å². The Morgan fingerprint density at radius 3 is 2.38 bits per heavy atom. The predicted molar refractivity (Wildman–Crippen MR) is 131 cm³/mol. The SMILES string of the molecule is CCN(CC)c1ccc(CSc2nc(N)c(C#N)c(-c3ccc(OCCO)nc3)c2C#N)cn1. The monoisotopic (exact) mass is 475 g/mol. The van der Waals surface area contributed by atoms with Crippen LogP contribution in [0.4, 0.5) is 11.6 Å². The van der Waals surface area contributed by atoms with Gasteiger partial charge in [-0.15, -0.1) is 11.8 Å². The Balaban J connectivity index is 1.91. The number of ether oxygens (including phenoxy) is 1. The summed E-state index contributed by atoms with van der Waals surface area (Å²) in [6, 6.07) is 11.5. The normalized spacial score (nSPS) is 10.4. The van der Waals surface area contributed by atoms with Gasteiger partial charge in [-0.1, -0.05) is 6.07 Å². The molecule has 0 unspecified atom stereocenters. The van der Waals surface area contributed by atoms with E-state index in [2.05, 4.69) is 45.8 Å². The minimum absolute atomic E-state index is 0.0506. The summed E-state index contributed by atoms with van der Waals surface area (Å²) in [5, 5.41) is 29.0. The van der Waals surface area contributed by atoms with Crippen LogP contribution < -0.4 is 15.4 Å². The smallest absolute Gasteiger partial charge is 0.213 e. The highest BCUT2D eigenvalue weighted by atomic mass is 32.2. The number of aromatic nitrogens is 3. The number of thioether (sulfide) groups is 1. The van der Waals surface area contributed by atoms with Crippen LogP contribution in [0.25, 0.3) is 11.1 Å². The molecular formula is C24H25N7O2S. The molecule has 3 aromatic heterocycles. The summed E-state index contributed by atoms with van der Waals surface area (Å²) in [4.78, 5) is 15.2. The van der Waals surface area contributed by atoms with Crippen LogP contribution in [0, 0.1) is 22.7 Å². The van der Waals surface area contributed by atoms with Gasteiger partial charge in [0.05, 0.1) is 12.2 Å².